The van der Waals surface area contributed by atoms with Gasteiger partial charge in [-0.05, 0) is 41.5 Å². The average molecular weight is 276 g/mol. The van der Waals surface area contributed by atoms with E-state index in [0.717, 1.165) is 5.56 Å². The van der Waals surface area contributed by atoms with E-state index in [9.17, 15) is 4.79 Å². The van der Waals surface area contributed by atoms with Crippen LogP contribution in [0.2, 0.25) is 0 Å². The van der Waals surface area contributed by atoms with Gasteiger partial charge in [-0.15, -0.1) is 0 Å². The predicted octanol–water partition coefficient (Wildman–Crippen LogP) is 3.73. The van der Waals surface area contributed by atoms with Crippen molar-refractivity contribution in [2.45, 2.75) is 13.0 Å². The minimum Gasteiger partial charge on any atom is -0.346 e. The molecule has 0 fully saturated rings. The fourth-order valence-electron chi connectivity index (χ4n) is 2.34. The van der Waals surface area contributed by atoms with Gasteiger partial charge in [0.1, 0.15) is 0 Å². The van der Waals surface area contributed by atoms with E-state index in [0.29, 0.717) is 5.56 Å². The summed E-state index contributed by atoms with van der Waals surface area (Å²) in [6.07, 6.45) is 3.24. The van der Waals surface area contributed by atoms with E-state index in [1.165, 1.54) is 10.8 Å². The number of carbonyl (C=O) groups is 1. The Kier molecular flexibility index (Phi) is 3.65. The summed E-state index contributed by atoms with van der Waals surface area (Å²) in [5, 5.41) is 5.39. The minimum atomic E-state index is -0.0851. The monoisotopic (exact) mass is 276 g/mol. The molecule has 0 aliphatic carbocycles. The Morgan fingerprint density at radius 1 is 1.00 bits per heavy atom. The molecule has 3 aromatic rings. The molecule has 3 nitrogen and oxygen atoms in total. The summed E-state index contributed by atoms with van der Waals surface area (Å²) in [4.78, 5) is 16.1. The number of hydrogen-bond donors (Lipinski definition) is 1. The van der Waals surface area contributed by atoms with Gasteiger partial charge in [-0.3, -0.25) is 9.78 Å². The van der Waals surface area contributed by atoms with E-state index >= 15 is 0 Å². The molecule has 1 aromatic heterocycles. The average Bonchev–Trinajstić information content (AvgIpc) is 2.55. The molecular weight excluding hydrogens is 260 g/mol. The normalized spacial score (nSPS) is 12.0. The Bertz CT molecular complexity index is 768. The van der Waals surface area contributed by atoms with Gasteiger partial charge in [0.25, 0.3) is 5.91 Å². The van der Waals surface area contributed by atoms with Crippen molar-refractivity contribution in [3.8, 4) is 0 Å². The number of carbonyl (C=O) groups excluding carboxylic acids is 1. The molecule has 0 radical (unpaired) electrons. The third-order valence-corrected chi connectivity index (χ3v) is 3.56. The van der Waals surface area contributed by atoms with Gasteiger partial charge in [-0.2, -0.15) is 0 Å². The van der Waals surface area contributed by atoms with Crippen LogP contribution in [0.4, 0.5) is 0 Å². The van der Waals surface area contributed by atoms with Gasteiger partial charge < -0.3 is 5.32 Å². The summed E-state index contributed by atoms with van der Waals surface area (Å²) in [5.74, 6) is -0.0851. The number of nitrogens with one attached hydrogen (secondary N) is 1. The van der Waals surface area contributed by atoms with E-state index in [1.54, 1.807) is 24.5 Å². The second-order valence-electron chi connectivity index (χ2n) is 5.04. The van der Waals surface area contributed by atoms with Crippen molar-refractivity contribution in [3.63, 3.8) is 0 Å². The van der Waals surface area contributed by atoms with Crippen LogP contribution in [0.15, 0.2) is 67.0 Å². The maximum absolute atomic E-state index is 12.2. The summed E-state index contributed by atoms with van der Waals surface area (Å²) in [6, 6.07) is 17.8. The van der Waals surface area contributed by atoms with Crippen LogP contribution in [0.5, 0.6) is 0 Å². The molecule has 0 aliphatic heterocycles. The van der Waals surface area contributed by atoms with E-state index in [2.05, 4.69) is 40.6 Å². The van der Waals surface area contributed by atoms with Gasteiger partial charge in [0.05, 0.1) is 6.04 Å². The summed E-state index contributed by atoms with van der Waals surface area (Å²) >= 11 is 0. The van der Waals surface area contributed by atoms with Crippen molar-refractivity contribution in [2.75, 3.05) is 0 Å². The molecule has 0 aliphatic rings. The lowest BCUT2D eigenvalue weighted by Gasteiger charge is -2.15. The van der Waals surface area contributed by atoms with E-state index in [-0.39, 0.29) is 11.9 Å². The number of hydrogen-bond acceptors (Lipinski definition) is 2. The number of nitrogens with zero attached hydrogens (tertiary/aromatic N) is 1. The lowest BCUT2D eigenvalue weighted by Crippen LogP contribution is -2.26. The van der Waals surface area contributed by atoms with Crippen molar-refractivity contribution in [3.05, 3.63) is 78.1 Å². The van der Waals surface area contributed by atoms with Crippen molar-refractivity contribution >= 4 is 16.7 Å². The summed E-state index contributed by atoms with van der Waals surface area (Å²) in [6.45, 7) is 1.99. The number of aromatic nitrogens is 1. The molecule has 0 bridgehead atoms. The summed E-state index contributed by atoms with van der Waals surface area (Å²) < 4.78 is 0. The Balaban J connectivity index is 1.80. The van der Waals surface area contributed by atoms with Crippen LogP contribution in [0, 0.1) is 0 Å². The van der Waals surface area contributed by atoms with E-state index in [1.807, 2.05) is 19.1 Å². The van der Waals surface area contributed by atoms with E-state index in [4.69, 9.17) is 0 Å². The van der Waals surface area contributed by atoms with Crippen molar-refractivity contribution < 1.29 is 4.79 Å². The molecule has 0 saturated carbocycles. The molecule has 21 heavy (non-hydrogen) atoms. The molecule has 104 valence electrons. The fourth-order valence-corrected chi connectivity index (χ4v) is 2.34. The molecule has 1 amide bonds. The zero-order valence-corrected chi connectivity index (χ0v) is 11.8. The van der Waals surface area contributed by atoms with Gasteiger partial charge >= 0.3 is 0 Å². The largest absolute Gasteiger partial charge is 0.346 e. The van der Waals surface area contributed by atoms with Crippen molar-refractivity contribution in [1.29, 1.82) is 0 Å². The first kappa shape index (κ1) is 13.3. The first-order valence-electron chi connectivity index (χ1n) is 6.93. The fraction of sp³-hybridized carbons (Fsp3) is 0.111. The lowest BCUT2D eigenvalue weighted by atomic mass is 10.0. The quantitative estimate of drug-likeness (QED) is 0.792. The molecule has 3 rings (SSSR count). The zero-order valence-electron chi connectivity index (χ0n) is 11.8. The molecule has 1 heterocycles. The molecule has 2 aromatic carbocycles. The van der Waals surface area contributed by atoms with Crippen molar-refractivity contribution in [2.24, 2.45) is 0 Å². The van der Waals surface area contributed by atoms with E-state index < -0.39 is 0 Å². The highest BCUT2D eigenvalue weighted by atomic mass is 16.1. The molecule has 3 heteroatoms. The number of amides is 1. The van der Waals surface area contributed by atoms with Gasteiger partial charge in [-0.1, -0.05) is 36.4 Å². The van der Waals surface area contributed by atoms with Crippen LogP contribution in [0.3, 0.4) is 0 Å². The molecule has 0 saturated heterocycles. The van der Waals surface area contributed by atoms with Gasteiger partial charge in [0, 0.05) is 18.0 Å². The summed E-state index contributed by atoms with van der Waals surface area (Å²) in [7, 11) is 0. The Labute approximate surface area is 123 Å². The Hall–Kier alpha value is -2.68. The third kappa shape index (κ3) is 2.92. The third-order valence-electron chi connectivity index (χ3n) is 3.56. The van der Waals surface area contributed by atoms with Crippen molar-refractivity contribution in [1.82, 2.24) is 10.3 Å². The molecule has 1 unspecified atom stereocenters. The maximum atomic E-state index is 12.2. The van der Waals surface area contributed by atoms with Crippen LogP contribution in [0.25, 0.3) is 10.8 Å². The highest BCUT2D eigenvalue weighted by Crippen LogP contribution is 2.20. The van der Waals surface area contributed by atoms with Crippen LogP contribution in [0.1, 0.15) is 28.9 Å². The first-order valence-corrected chi connectivity index (χ1v) is 6.93. The second-order valence-corrected chi connectivity index (χ2v) is 5.04. The zero-order chi connectivity index (χ0) is 14.7. The number of benzene rings is 2. The smallest absolute Gasteiger partial charge is 0.251 e. The highest BCUT2D eigenvalue weighted by Gasteiger charge is 2.11. The number of pyridine rings is 1. The lowest BCUT2D eigenvalue weighted by molar-refractivity contribution is 0.0940. The summed E-state index contributed by atoms with van der Waals surface area (Å²) in [5.41, 5.74) is 1.72. The van der Waals surface area contributed by atoms with Crippen LogP contribution < -0.4 is 5.32 Å². The SMILES string of the molecule is CC(NC(=O)c1ccncc1)c1ccc2ccccc2c1. The highest BCUT2D eigenvalue weighted by molar-refractivity contribution is 5.94. The van der Waals surface area contributed by atoms with Crippen LogP contribution in [-0.4, -0.2) is 10.9 Å². The number of fused-ring (bicyclic) bond motifs is 1. The second kappa shape index (κ2) is 5.75. The standard InChI is InChI=1S/C18H16N2O/c1-13(20-18(21)15-8-10-19-11-9-15)16-7-6-14-4-2-3-5-17(14)12-16/h2-13H,1H3,(H,20,21). The number of rotatable bonds is 3. The molecular formula is C18H16N2O. The van der Waals surface area contributed by atoms with Gasteiger partial charge in [0.2, 0.25) is 0 Å². The van der Waals surface area contributed by atoms with Crippen LogP contribution in [-0.2, 0) is 0 Å². The molecule has 1 N–H and O–H groups in total. The maximum Gasteiger partial charge on any atom is 0.251 e. The van der Waals surface area contributed by atoms with Gasteiger partial charge in [-0.25, -0.2) is 0 Å². The minimum absolute atomic E-state index is 0.0460. The van der Waals surface area contributed by atoms with Gasteiger partial charge in [0.15, 0.2) is 0 Å². The Morgan fingerprint density at radius 2 is 1.71 bits per heavy atom. The first-order chi connectivity index (χ1) is 10.2. The predicted molar refractivity (Wildman–Crippen MR) is 84.1 cm³/mol. The topological polar surface area (TPSA) is 42.0 Å². The molecule has 1 atom stereocenters. The van der Waals surface area contributed by atoms with Crippen LogP contribution >= 0.6 is 0 Å². The Morgan fingerprint density at radius 3 is 2.48 bits per heavy atom. The molecule has 0 spiro atoms.